The number of fused-ring (bicyclic) bond motifs is 1. The average Bonchev–Trinajstić information content (AvgIpc) is 2.66. The zero-order valence-corrected chi connectivity index (χ0v) is 15.8. The number of carboxylic acid groups (broad SMARTS) is 1. The second-order valence-corrected chi connectivity index (χ2v) is 7.14. The van der Waals surface area contributed by atoms with E-state index in [4.69, 9.17) is 5.11 Å². The third-order valence-electron chi connectivity index (χ3n) is 5.04. The van der Waals surface area contributed by atoms with Gasteiger partial charge in [0.25, 0.3) is 5.91 Å². The lowest BCUT2D eigenvalue weighted by Gasteiger charge is -2.32. The number of pyridine rings is 1. The molecule has 0 radical (unpaired) electrons. The monoisotopic (exact) mass is 387 g/mol. The molecule has 3 rings (SSSR count). The van der Waals surface area contributed by atoms with Crippen molar-refractivity contribution in [3.63, 3.8) is 0 Å². The molecule has 1 aliphatic rings. The topological polar surface area (TPSA) is 90.8 Å². The van der Waals surface area contributed by atoms with Gasteiger partial charge in [0.05, 0.1) is 29.2 Å². The number of likely N-dealkylation sites (tertiary alicyclic amines) is 1. The van der Waals surface area contributed by atoms with E-state index in [1.807, 2.05) is 0 Å². The number of carbonyl (C=O) groups is 3. The van der Waals surface area contributed by atoms with E-state index < -0.39 is 17.7 Å². The van der Waals surface area contributed by atoms with Crippen molar-refractivity contribution in [1.29, 1.82) is 0 Å². The molecule has 7 nitrogen and oxygen atoms in total. The summed E-state index contributed by atoms with van der Waals surface area (Å²) in [4.78, 5) is 43.6. The Balaban J connectivity index is 1.73. The summed E-state index contributed by atoms with van der Waals surface area (Å²) < 4.78 is 13.4. The van der Waals surface area contributed by atoms with Crippen molar-refractivity contribution in [2.75, 3.05) is 26.7 Å². The predicted molar refractivity (Wildman–Crippen MR) is 100 cm³/mol. The minimum absolute atomic E-state index is 0.147. The zero-order valence-electron chi connectivity index (χ0n) is 15.8. The number of carboxylic acids is 1. The molecule has 2 aromatic rings. The Morgan fingerprint density at radius 3 is 2.79 bits per heavy atom. The minimum atomic E-state index is -0.906. The minimum Gasteiger partial charge on any atom is -0.481 e. The summed E-state index contributed by atoms with van der Waals surface area (Å²) >= 11 is 0. The van der Waals surface area contributed by atoms with E-state index in [0.717, 1.165) is 0 Å². The molecule has 148 valence electrons. The Bertz CT molecular complexity index is 946. The number of hydrogen-bond donors (Lipinski definition) is 1. The fourth-order valence-corrected chi connectivity index (χ4v) is 3.44. The van der Waals surface area contributed by atoms with E-state index in [1.165, 1.54) is 29.0 Å². The van der Waals surface area contributed by atoms with Gasteiger partial charge in [0.15, 0.2) is 0 Å². The molecule has 28 heavy (non-hydrogen) atoms. The number of nitrogens with zero attached hydrogens (tertiary/aromatic N) is 3. The number of aliphatic carboxylic acids is 1. The number of aryl methyl sites for hydroxylation is 1. The van der Waals surface area contributed by atoms with Gasteiger partial charge in [-0.1, -0.05) is 0 Å². The lowest BCUT2D eigenvalue weighted by Crippen LogP contribution is -2.47. The Morgan fingerprint density at radius 2 is 2.07 bits per heavy atom. The van der Waals surface area contributed by atoms with E-state index in [9.17, 15) is 18.8 Å². The first-order valence-corrected chi connectivity index (χ1v) is 9.09. The number of amides is 2. The molecule has 8 heteroatoms. The van der Waals surface area contributed by atoms with Crippen molar-refractivity contribution in [3.8, 4) is 0 Å². The number of likely N-dealkylation sites (N-methyl/N-ethyl adjacent to an activating group) is 1. The molecular formula is C20H22FN3O4. The van der Waals surface area contributed by atoms with Gasteiger partial charge in [-0.3, -0.25) is 19.4 Å². The van der Waals surface area contributed by atoms with Crippen LogP contribution < -0.4 is 0 Å². The van der Waals surface area contributed by atoms with Gasteiger partial charge >= 0.3 is 5.97 Å². The van der Waals surface area contributed by atoms with Crippen LogP contribution in [0.2, 0.25) is 0 Å². The third kappa shape index (κ3) is 4.11. The van der Waals surface area contributed by atoms with Gasteiger partial charge in [-0.05, 0) is 38.0 Å². The summed E-state index contributed by atoms with van der Waals surface area (Å²) in [6.45, 7) is 2.17. The SMILES string of the molecule is Cc1nc2cc(F)ccc2cc1C(=O)N(C)CC(=O)N1CCCC(C(=O)O)C1. The van der Waals surface area contributed by atoms with Crippen LogP contribution in [0.3, 0.4) is 0 Å². The first-order chi connectivity index (χ1) is 13.3. The highest BCUT2D eigenvalue weighted by atomic mass is 19.1. The first kappa shape index (κ1) is 19.7. The van der Waals surface area contributed by atoms with Crippen LogP contribution in [0.15, 0.2) is 24.3 Å². The van der Waals surface area contributed by atoms with Crippen molar-refractivity contribution >= 4 is 28.7 Å². The quantitative estimate of drug-likeness (QED) is 0.867. The zero-order chi connectivity index (χ0) is 20.4. The highest BCUT2D eigenvalue weighted by Crippen LogP contribution is 2.20. The Hall–Kier alpha value is -3.03. The highest BCUT2D eigenvalue weighted by Gasteiger charge is 2.29. The normalized spacial score (nSPS) is 16.8. The molecule has 1 aromatic heterocycles. The Morgan fingerprint density at radius 1 is 1.32 bits per heavy atom. The number of rotatable bonds is 4. The lowest BCUT2D eigenvalue weighted by atomic mass is 9.98. The number of aromatic nitrogens is 1. The molecule has 1 saturated heterocycles. The second kappa shape index (κ2) is 7.92. The lowest BCUT2D eigenvalue weighted by molar-refractivity contribution is -0.145. The van der Waals surface area contributed by atoms with Crippen LogP contribution in [0.4, 0.5) is 4.39 Å². The molecule has 1 fully saturated rings. The molecule has 1 atom stereocenters. The summed E-state index contributed by atoms with van der Waals surface area (Å²) in [6, 6.07) is 5.80. The van der Waals surface area contributed by atoms with Gasteiger partial charge in [-0.2, -0.15) is 0 Å². The predicted octanol–water partition coefficient (Wildman–Crippen LogP) is 2.08. The molecule has 2 amide bonds. The van der Waals surface area contributed by atoms with E-state index in [0.29, 0.717) is 41.5 Å². The molecule has 1 unspecified atom stereocenters. The molecule has 0 aliphatic carbocycles. The maximum absolute atomic E-state index is 13.4. The molecule has 2 heterocycles. The average molecular weight is 387 g/mol. The van der Waals surface area contributed by atoms with Gasteiger partial charge in [0, 0.05) is 31.6 Å². The van der Waals surface area contributed by atoms with Crippen LogP contribution in [-0.4, -0.2) is 64.4 Å². The maximum atomic E-state index is 13.4. The fraction of sp³-hybridized carbons (Fsp3) is 0.400. The van der Waals surface area contributed by atoms with Crippen LogP contribution >= 0.6 is 0 Å². The van der Waals surface area contributed by atoms with Crippen LogP contribution in [-0.2, 0) is 9.59 Å². The van der Waals surface area contributed by atoms with Gasteiger partial charge in [-0.15, -0.1) is 0 Å². The molecule has 0 saturated carbocycles. The molecule has 1 aliphatic heterocycles. The highest BCUT2D eigenvalue weighted by molar-refractivity contribution is 6.00. The van der Waals surface area contributed by atoms with Crippen molar-refractivity contribution in [3.05, 3.63) is 41.3 Å². The molecular weight excluding hydrogens is 365 g/mol. The first-order valence-electron chi connectivity index (χ1n) is 9.09. The van der Waals surface area contributed by atoms with E-state index in [-0.39, 0.29) is 24.9 Å². The summed E-state index contributed by atoms with van der Waals surface area (Å²) in [5, 5.41) is 9.79. The van der Waals surface area contributed by atoms with Crippen LogP contribution in [0.1, 0.15) is 28.9 Å². The number of benzene rings is 1. The molecule has 0 bridgehead atoms. The van der Waals surface area contributed by atoms with Crippen LogP contribution in [0.5, 0.6) is 0 Å². The third-order valence-corrected chi connectivity index (χ3v) is 5.04. The Kier molecular flexibility index (Phi) is 5.58. The van der Waals surface area contributed by atoms with E-state index >= 15 is 0 Å². The van der Waals surface area contributed by atoms with Crippen molar-refractivity contribution in [1.82, 2.24) is 14.8 Å². The number of piperidine rings is 1. The van der Waals surface area contributed by atoms with Gasteiger partial charge in [0.2, 0.25) is 5.91 Å². The number of hydrogen-bond acceptors (Lipinski definition) is 4. The standard InChI is InChI=1S/C20H22FN3O4/c1-12-16(8-13-5-6-15(21)9-17(13)22-12)19(26)23(2)11-18(25)24-7-3-4-14(10-24)20(27)28/h5-6,8-9,14H,3-4,7,10-11H2,1-2H3,(H,27,28). The summed E-state index contributed by atoms with van der Waals surface area (Å²) in [7, 11) is 1.52. The number of halogens is 1. The maximum Gasteiger partial charge on any atom is 0.308 e. The largest absolute Gasteiger partial charge is 0.481 e. The summed E-state index contributed by atoms with van der Waals surface area (Å²) in [6.07, 6.45) is 1.18. The molecule has 0 spiro atoms. The summed E-state index contributed by atoms with van der Waals surface area (Å²) in [5.74, 6) is -2.52. The molecule has 1 aromatic carbocycles. The van der Waals surface area contributed by atoms with Crippen LogP contribution in [0.25, 0.3) is 10.9 Å². The Labute approximate surface area is 161 Å². The van der Waals surface area contributed by atoms with Crippen LogP contribution in [0, 0.1) is 18.7 Å². The smallest absolute Gasteiger partial charge is 0.308 e. The second-order valence-electron chi connectivity index (χ2n) is 7.14. The van der Waals surface area contributed by atoms with Crippen molar-refractivity contribution in [2.24, 2.45) is 5.92 Å². The van der Waals surface area contributed by atoms with E-state index in [1.54, 1.807) is 19.1 Å². The number of carbonyl (C=O) groups excluding carboxylic acids is 2. The summed E-state index contributed by atoms with van der Waals surface area (Å²) in [5.41, 5.74) is 1.25. The van der Waals surface area contributed by atoms with E-state index in [2.05, 4.69) is 4.98 Å². The van der Waals surface area contributed by atoms with Crippen molar-refractivity contribution < 1.29 is 23.9 Å². The fourth-order valence-electron chi connectivity index (χ4n) is 3.44. The molecule has 1 N–H and O–H groups in total. The van der Waals surface area contributed by atoms with Gasteiger partial charge in [0.1, 0.15) is 5.82 Å². The van der Waals surface area contributed by atoms with Crippen molar-refractivity contribution in [2.45, 2.75) is 19.8 Å². The van der Waals surface area contributed by atoms with Gasteiger partial charge < -0.3 is 14.9 Å². The van der Waals surface area contributed by atoms with Gasteiger partial charge in [-0.25, -0.2) is 4.39 Å².